The summed E-state index contributed by atoms with van der Waals surface area (Å²) in [5.74, 6) is -0.356. The summed E-state index contributed by atoms with van der Waals surface area (Å²) in [7, 11) is 1.62. The zero-order chi connectivity index (χ0) is 29.7. The Bertz CT molecular complexity index is 1500. The van der Waals surface area contributed by atoms with Gasteiger partial charge in [0.1, 0.15) is 12.4 Å². The van der Waals surface area contributed by atoms with Gasteiger partial charge in [-0.15, -0.1) is 0 Å². The van der Waals surface area contributed by atoms with Gasteiger partial charge in [0.25, 0.3) is 5.56 Å². The molecule has 1 aromatic carbocycles. The van der Waals surface area contributed by atoms with Crippen molar-refractivity contribution in [1.29, 1.82) is 0 Å². The van der Waals surface area contributed by atoms with Crippen LogP contribution in [0.15, 0.2) is 16.9 Å². The fourth-order valence-corrected chi connectivity index (χ4v) is 5.49. The second-order valence-corrected chi connectivity index (χ2v) is 9.59. The zero-order valence-electron chi connectivity index (χ0n) is 24.0. The van der Waals surface area contributed by atoms with Crippen LogP contribution in [0, 0.1) is 12.7 Å². The van der Waals surface area contributed by atoms with Crippen molar-refractivity contribution in [2.45, 2.75) is 79.6 Å². The van der Waals surface area contributed by atoms with Crippen LogP contribution < -0.4 is 10.9 Å². The lowest BCUT2D eigenvalue weighted by atomic mass is 9.85. The number of benzene rings is 1. The van der Waals surface area contributed by atoms with Crippen LogP contribution >= 0.6 is 12.6 Å². The van der Waals surface area contributed by atoms with Gasteiger partial charge in [-0.25, -0.2) is 14.2 Å². The number of aliphatic hydroxyl groups excluding tert-OH is 1. The molecule has 0 radical (unpaired) electrons. The number of hydrogen-bond acceptors (Lipinski definition) is 7. The number of aryl methyl sites for hydroxylation is 2. The van der Waals surface area contributed by atoms with Crippen LogP contribution in [0.1, 0.15) is 80.0 Å². The number of aromatic nitrogens is 2. The third kappa shape index (κ3) is 5.51. The van der Waals surface area contributed by atoms with Gasteiger partial charge in [-0.1, -0.05) is 27.7 Å². The molecule has 2 aromatic heterocycles. The number of hydrogen-bond donors (Lipinski definition) is 3. The minimum Gasteiger partial charge on any atom is -0.458 e. The van der Waals surface area contributed by atoms with Gasteiger partial charge in [-0.2, -0.15) is 12.6 Å². The third-order valence-corrected chi connectivity index (χ3v) is 7.38. The summed E-state index contributed by atoms with van der Waals surface area (Å²) in [4.78, 5) is 39.8. The number of fused-ring (bicyclic) bond motifs is 5. The van der Waals surface area contributed by atoms with Crippen molar-refractivity contribution < 1.29 is 23.8 Å². The Balaban J connectivity index is 0.000000349. The van der Waals surface area contributed by atoms with Crippen LogP contribution in [-0.4, -0.2) is 39.3 Å². The van der Waals surface area contributed by atoms with Crippen molar-refractivity contribution in [3.05, 3.63) is 61.7 Å². The first-order valence-electron chi connectivity index (χ1n) is 13.8. The summed E-state index contributed by atoms with van der Waals surface area (Å²) in [6.07, 6.45) is 1.63. The summed E-state index contributed by atoms with van der Waals surface area (Å²) >= 11 is 3.85. The quantitative estimate of drug-likeness (QED) is 0.240. The minimum atomic E-state index is -1.48. The van der Waals surface area contributed by atoms with Crippen molar-refractivity contribution in [2.75, 3.05) is 12.8 Å². The molecule has 4 heterocycles. The Morgan fingerprint density at radius 2 is 1.82 bits per heavy atom. The summed E-state index contributed by atoms with van der Waals surface area (Å²) in [5.41, 5.74) is 5.86. The Hall–Kier alpha value is -3.24. The van der Waals surface area contributed by atoms with Gasteiger partial charge in [0.2, 0.25) is 5.91 Å². The lowest BCUT2D eigenvalue weighted by Crippen LogP contribution is -2.32. The van der Waals surface area contributed by atoms with Crippen molar-refractivity contribution in [3.63, 3.8) is 0 Å². The van der Waals surface area contributed by atoms with E-state index in [2.05, 4.69) is 17.9 Å². The molecule has 0 saturated heterocycles. The standard InChI is InChI=1S/C22H17FN2O4.C4H9NOS.2C2H6/c1-9-10-3-2-4-11-13-7-25-17(19(13)24-16(18(10)11)6-15(9)23)5-12-14(21(25)27)8-29-22(28)20(12)26;1-5-4(6)2-3-7;2*1-2/h5-6,20,26H,2-4,7-8H2,1H3;7H,2-3H2,1H3,(H,5,6);2*1-2H3. The fraction of sp³-hybridized carbons (Fsp3) is 0.467. The van der Waals surface area contributed by atoms with Gasteiger partial charge in [-0.05, 0) is 54.7 Å². The topological polar surface area (TPSA) is 111 Å². The van der Waals surface area contributed by atoms with E-state index in [1.807, 2.05) is 27.7 Å². The molecule has 3 aliphatic rings. The number of ether oxygens (including phenoxy) is 1. The predicted octanol–water partition coefficient (Wildman–Crippen LogP) is 4.56. The van der Waals surface area contributed by atoms with E-state index in [1.54, 1.807) is 24.6 Å². The zero-order valence-corrected chi connectivity index (χ0v) is 24.9. The SMILES string of the molecule is CC.CC.CNC(=O)CCS.Cc1c(F)cc2nc3c(c4c2c1CCC4)Cn1c-3cc2c(c1=O)COC(=O)C2O. The summed E-state index contributed by atoms with van der Waals surface area (Å²) < 4.78 is 21.1. The third-order valence-electron chi connectivity index (χ3n) is 7.16. The molecule has 2 N–H and O–H groups in total. The number of thiol groups is 1. The number of aliphatic hydroxyl groups is 1. The predicted molar refractivity (Wildman–Crippen MR) is 157 cm³/mol. The summed E-state index contributed by atoms with van der Waals surface area (Å²) in [6.45, 7) is 10.0. The van der Waals surface area contributed by atoms with Crippen LogP contribution in [0.2, 0.25) is 0 Å². The van der Waals surface area contributed by atoms with E-state index in [0.717, 1.165) is 41.3 Å². The van der Waals surface area contributed by atoms with Crippen molar-refractivity contribution in [1.82, 2.24) is 14.9 Å². The van der Waals surface area contributed by atoms with Gasteiger partial charge in [-0.3, -0.25) is 9.59 Å². The van der Waals surface area contributed by atoms with Crippen molar-refractivity contribution >= 4 is 35.4 Å². The molecule has 0 bridgehead atoms. The average molecular weight is 572 g/mol. The molecule has 1 unspecified atom stereocenters. The number of nitrogens with one attached hydrogen (secondary N) is 1. The normalized spacial score (nSPS) is 15.5. The van der Waals surface area contributed by atoms with Crippen LogP contribution in [-0.2, 0) is 40.3 Å². The van der Waals surface area contributed by atoms with E-state index < -0.39 is 12.1 Å². The van der Waals surface area contributed by atoms with Gasteiger partial charge in [0.05, 0.1) is 29.0 Å². The molecular formula is C30H38FN3O5S. The number of amides is 1. The molecule has 1 amide bonds. The number of pyridine rings is 2. The van der Waals surface area contributed by atoms with Gasteiger partial charge in [0.15, 0.2) is 6.10 Å². The van der Waals surface area contributed by atoms with Gasteiger partial charge < -0.3 is 19.7 Å². The van der Waals surface area contributed by atoms with Crippen LogP contribution in [0.5, 0.6) is 0 Å². The molecular weight excluding hydrogens is 533 g/mol. The molecule has 0 spiro atoms. The second-order valence-electron chi connectivity index (χ2n) is 9.14. The number of esters is 1. The van der Waals surface area contributed by atoms with E-state index in [1.165, 1.54) is 6.07 Å². The smallest absolute Gasteiger partial charge is 0.340 e. The Kier molecular flexibility index (Phi) is 10.5. The first kappa shape index (κ1) is 31.3. The molecule has 216 valence electrons. The van der Waals surface area contributed by atoms with Crippen molar-refractivity contribution in [2.24, 2.45) is 0 Å². The Morgan fingerprint density at radius 1 is 1.15 bits per heavy atom. The number of carbonyl (C=O) groups excluding carboxylic acids is 2. The molecule has 6 rings (SSSR count). The Morgan fingerprint density at radius 3 is 2.45 bits per heavy atom. The fourth-order valence-electron chi connectivity index (χ4n) is 5.29. The molecule has 3 aromatic rings. The lowest BCUT2D eigenvalue weighted by Gasteiger charge is -2.22. The number of carbonyl (C=O) groups is 2. The lowest BCUT2D eigenvalue weighted by molar-refractivity contribution is -0.157. The van der Waals surface area contributed by atoms with Gasteiger partial charge >= 0.3 is 5.97 Å². The number of rotatable bonds is 2. The van der Waals surface area contributed by atoms with Gasteiger partial charge in [0, 0.05) is 36.0 Å². The second kappa shape index (κ2) is 13.4. The molecule has 8 nitrogen and oxygen atoms in total. The summed E-state index contributed by atoms with van der Waals surface area (Å²) in [5, 5.41) is 13.7. The number of cyclic esters (lactones) is 1. The molecule has 0 fully saturated rings. The highest BCUT2D eigenvalue weighted by molar-refractivity contribution is 7.80. The van der Waals surface area contributed by atoms with Crippen LogP contribution in [0.25, 0.3) is 22.3 Å². The first-order chi connectivity index (χ1) is 19.3. The maximum absolute atomic E-state index is 14.5. The number of nitrogens with zero attached hydrogens (tertiary/aromatic N) is 2. The highest BCUT2D eigenvalue weighted by atomic mass is 32.1. The van der Waals surface area contributed by atoms with E-state index in [9.17, 15) is 23.9 Å². The minimum absolute atomic E-state index is 0.0509. The Labute approximate surface area is 239 Å². The maximum atomic E-state index is 14.5. The van der Waals surface area contributed by atoms with E-state index in [-0.39, 0.29) is 29.5 Å². The maximum Gasteiger partial charge on any atom is 0.340 e. The monoisotopic (exact) mass is 571 g/mol. The van der Waals surface area contributed by atoms with Crippen LogP contribution in [0.4, 0.5) is 4.39 Å². The van der Waals surface area contributed by atoms with E-state index in [0.29, 0.717) is 46.7 Å². The molecule has 40 heavy (non-hydrogen) atoms. The van der Waals surface area contributed by atoms with Crippen LogP contribution in [0.3, 0.4) is 0 Å². The summed E-state index contributed by atoms with van der Waals surface area (Å²) in [6, 6.07) is 3.13. The average Bonchev–Trinajstić information content (AvgIpc) is 3.35. The number of halogens is 1. The molecule has 0 saturated carbocycles. The largest absolute Gasteiger partial charge is 0.458 e. The molecule has 1 atom stereocenters. The first-order valence-corrected chi connectivity index (χ1v) is 14.5. The highest BCUT2D eigenvalue weighted by Crippen LogP contribution is 2.41. The molecule has 10 heteroatoms. The molecule has 2 aliphatic heterocycles. The molecule has 1 aliphatic carbocycles. The highest BCUT2D eigenvalue weighted by Gasteiger charge is 2.35. The van der Waals surface area contributed by atoms with E-state index in [4.69, 9.17) is 9.72 Å². The van der Waals surface area contributed by atoms with Crippen molar-refractivity contribution in [3.8, 4) is 11.4 Å². The van der Waals surface area contributed by atoms with E-state index >= 15 is 0 Å².